The molecule has 0 fully saturated rings. The van der Waals surface area contributed by atoms with E-state index in [0.717, 1.165) is 44.9 Å². The third kappa shape index (κ3) is 7.54. The van der Waals surface area contributed by atoms with Gasteiger partial charge < -0.3 is 27.6 Å². The zero-order chi connectivity index (χ0) is 32.1. The number of hydrogen-bond acceptors (Lipinski definition) is 8. The van der Waals surface area contributed by atoms with E-state index in [1.54, 1.807) is 63.3 Å². The predicted octanol–water partition coefficient (Wildman–Crippen LogP) is 9.31. The van der Waals surface area contributed by atoms with Gasteiger partial charge in [0.05, 0.1) is 14.2 Å². The van der Waals surface area contributed by atoms with Crippen molar-refractivity contribution in [1.29, 1.82) is 0 Å². The van der Waals surface area contributed by atoms with Gasteiger partial charge in [-0.15, -0.1) is 0 Å². The molecular weight excluding hydrogens is 594 g/mol. The Labute approximate surface area is 264 Å². The van der Waals surface area contributed by atoms with Gasteiger partial charge in [-0.1, -0.05) is 41.5 Å². The Bertz CT molecular complexity index is 1450. The van der Waals surface area contributed by atoms with Crippen LogP contribution in [0, 0.1) is 13.8 Å². The summed E-state index contributed by atoms with van der Waals surface area (Å²) in [6.07, 6.45) is 6.76. The summed E-state index contributed by atoms with van der Waals surface area (Å²) in [7, 11) is 2.75. The summed E-state index contributed by atoms with van der Waals surface area (Å²) in [5.74, 6) is 4.24. The van der Waals surface area contributed by atoms with Gasteiger partial charge in [0.15, 0.2) is 0 Å². The zero-order valence-corrected chi connectivity index (χ0v) is 29.1. The van der Waals surface area contributed by atoms with E-state index in [4.69, 9.17) is 27.6 Å². The van der Waals surface area contributed by atoms with E-state index < -0.39 is 0 Å². The van der Waals surface area contributed by atoms with E-state index >= 15 is 0 Å². The monoisotopic (exact) mass is 636 g/mol. The lowest BCUT2D eigenvalue weighted by Gasteiger charge is -2.31. The van der Waals surface area contributed by atoms with Crippen LogP contribution in [-0.4, -0.2) is 24.2 Å². The number of nitrogens with zero attached hydrogens (tertiary/aromatic N) is 2. The molecule has 0 radical (unpaired) electrons. The van der Waals surface area contributed by atoms with Gasteiger partial charge in [0.1, 0.15) is 34.5 Å². The van der Waals surface area contributed by atoms with Crippen molar-refractivity contribution in [3.8, 4) is 45.6 Å². The van der Waals surface area contributed by atoms with E-state index in [1.807, 2.05) is 13.8 Å². The van der Waals surface area contributed by atoms with Gasteiger partial charge in [0.25, 0.3) is 18.1 Å². The second kappa shape index (κ2) is 14.0. The molecule has 2 unspecified atom stereocenters. The number of aromatic nitrogens is 2. The fourth-order valence-electron chi connectivity index (χ4n) is 4.85. The van der Waals surface area contributed by atoms with E-state index in [2.05, 4.69) is 63.6 Å². The minimum Gasteiger partial charge on any atom is -0.496 e. The second-order valence-corrected chi connectivity index (χ2v) is 13.5. The average molecular weight is 637 g/mol. The normalized spacial score (nSPS) is 12.1. The number of ether oxygens (including phenoxy) is 2. The van der Waals surface area contributed by atoms with E-state index in [-0.39, 0.29) is 28.9 Å². The molecule has 0 amide bonds. The van der Waals surface area contributed by atoms with Crippen LogP contribution in [0.15, 0.2) is 61.2 Å². The van der Waals surface area contributed by atoms with Gasteiger partial charge in [-0.05, 0) is 61.1 Å². The van der Waals surface area contributed by atoms with Crippen LogP contribution in [0.4, 0.5) is 0 Å². The van der Waals surface area contributed by atoms with E-state index in [9.17, 15) is 0 Å². The van der Waals surface area contributed by atoms with Crippen molar-refractivity contribution in [2.75, 3.05) is 14.2 Å². The highest BCUT2D eigenvalue weighted by atomic mass is 31.1. The molecule has 0 saturated carbocycles. The van der Waals surface area contributed by atoms with Gasteiger partial charge in [-0.3, -0.25) is 9.97 Å². The van der Waals surface area contributed by atoms with Crippen molar-refractivity contribution in [3.63, 3.8) is 0 Å². The first-order valence-electron chi connectivity index (χ1n) is 14.3. The van der Waals surface area contributed by atoms with Crippen molar-refractivity contribution < 1.29 is 27.6 Å². The molecule has 10 heteroatoms. The molecule has 0 saturated heterocycles. The van der Waals surface area contributed by atoms with Gasteiger partial charge in [0.2, 0.25) is 0 Å². The minimum atomic E-state index is -0.312. The van der Waals surface area contributed by atoms with Crippen LogP contribution in [0.2, 0.25) is 0 Å². The van der Waals surface area contributed by atoms with Crippen LogP contribution < -0.4 is 27.6 Å². The largest absolute Gasteiger partial charge is 0.496 e. The molecule has 0 aliphatic carbocycles. The predicted molar refractivity (Wildman–Crippen MR) is 179 cm³/mol. The van der Waals surface area contributed by atoms with Crippen LogP contribution in [-0.2, 0) is 10.8 Å². The molecule has 44 heavy (non-hydrogen) atoms. The molecule has 2 heterocycles. The Kier molecular flexibility index (Phi) is 10.6. The van der Waals surface area contributed by atoms with Crippen LogP contribution in [0.1, 0.15) is 63.8 Å². The molecule has 0 spiro atoms. The third-order valence-electron chi connectivity index (χ3n) is 7.20. The van der Waals surface area contributed by atoms with Crippen molar-refractivity contribution in [3.05, 3.63) is 83.4 Å². The molecule has 0 N–H and O–H groups in total. The van der Waals surface area contributed by atoms with Gasteiger partial charge in [0, 0.05) is 58.2 Å². The summed E-state index contributed by atoms with van der Waals surface area (Å²) >= 11 is 0. The Balaban J connectivity index is 1.98. The summed E-state index contributed by atoms with van der Waals surface area (Å²) in [6.45, 7) is 17.0. The number of hydrogen-bond donors (Lipinski definition) is 0. The third-order valence-corrected chi connectivity index (χ3v) is 8.41. The number of pyridine rings is 2. The van der Waals surface area contributed by atoms with Crippen LogP contribution in [0.3, 0.4) is 0 Å². The summed E-state index contributed by atoms with van der Waals surface area (Å²) < 4.78 is 37.2. The average Bonchev–Trinajstić information content (AvgIpc) is 2.98. The highest BCUT2D eigenvalue weighted by Crippen LogP contribution is 2.54. The van der Waals surface area contributed by atoms with Crippen molar-refractivity contribution >= 4 is 18.1 Å². The van der Waals surface area contributed by atoms with Crippen molar-refractivity contribution in [2.45, 2.75) is 66.2 Å². The molecule has 2 atom stereocenters. The van der Waals surface area contributed by atoms with Gasteiger partial charge in [-0.2, -0.15) is 0 Å². The molecule has 4 rings (SSSR count). The highest BCUT2D eigenvalue weighted by Gasteiger charge is 2.33. The molecule has 0 aliphatic rings. The number of rotatable bonds is 11. The molecule has 0 bridgehead atoms. The molecule has 4 aromatic rings. The first-order chi connectivity index (χ1) is 20.9. The zero-order valence-electron chi connectivity index (χ0n) is 27.1. The number of benzene rings is 2. The SMILES string of the molecule is COc1cc(C(C)(C)C)c(OPOc2ccncc2)c(-c2c(C)c(OC)cc(C(C)(C)C)c2OPOc2ccncc2)c1C. The molecule has 0 aliphatic heterocycles. The lowest BCUT2D eigenvalue weighted by atomic mass is 9.79. The van der Waals surface area contributed by atoms with Gasteiger partial charge in [-0.25, -0.2) is 0 Å². The molecule has 2 aromatic heterocycles. The molecule has 2 aromatic carbocycles. The summed E-state index contributed by atoms with van der Waals surface area (Å²) in [6, 6.07) is 11.3. The summed E-state index contributed by atoms with van der Waals surface area (Å²) in [5, 5.41) is 0. The van der Waals surface area contributed by atoms with E-state index in [1.165, 1.54) is 0 Å². The van der Waals surface area contributed by atoms with Crippen molar-refractivity contribution in [1.82, 2.24) is 9.97 Å². The maximum absolute atomic E-state index is 6.61. The maximum atomic E-state index is 6.61. The molecule has 8 nitrogen and oxygen atoms in total. The fourth-order valence-corrected chi connectivity index (χ4v) is 5.99. The Morgan fingerprint density at radius 1 is 0.545 bits per heavy atom. The smallest absolute Gasteiger partial charge is 0.275 e. The summed E-state index contributed by atoms with van der Waals surface area (Å²) in [4.78, 5) is 8.16. The van der Waals surface area contributed by atoms with Crippen LogP contribution >= 0.6 is 18.1 Å². The number of methoxy groups -OCH3 is 2. The Hall–Kier alpha value is -3.60. The standard InChI is InChI=1S/C34H42N2O6P2/c1-21-27(37-9)19-25(33(3,4)5)31(41-43-39-23-11-15-35-16-12-23)29(21)30-22(2)28(38-10)20-26(34(6,7)8)32(30)42-44-40-24-13-17-36-18-14-24/h11-20,43-44H,1-10H3. The van der Waals surface area contributed by atoms with Crippen molar-refractivity contribution in [2.24, 2.45) is 0 Å². The van der Waals surface area contributed by atoms with Gasteiger partial charge >= 0.3 is 0 Å². The first-order valence-corrected chi connectivity index (χ1v) is 15.9. The van der Waals surface area contributed by atoms with Crippen LogP contribution in [0.5, 0.6) is 34.5 Å². The lowest BCUT2D eigenvalue weighted by molar-refractivity contribution is 0.406. The summed E-state index contributed by atoms with van der Waals surface area (Å²) in [5.41, 5.74) is 4.88. The molecular formula is C34H42N2O6P2. The maximum Gasteiger partial charge on any atom is 0.275 e. The lowest BCUT2D eigenvalue weighted by Crippen LogP contribution is -2.16. The minimum absolute atomic E-state index is 0.293. The fraction of sp³-hybridized carbons (Fsp3) is 0.353. The Morgan fingerprint density at radius 2 is 0.886 bits per heavy atom. The quantitative estimate of drug-likeness (QED) is 0.151. The van der Waals surface area contributed by atoms with Crippen LogP contribution in [0.25, 0.3) is 11.1 Å². The Morgan fingerprint density at radius 3 is 1.18 bits per heavy atom. The first kappa shape index (κ1) is 33.3. The second-order valence-electron chi connectivity index (χ2n) is 12.4. The molecule has 234 valence electrons. The van der Waals surface area contributed by atoms with E-state index in [0.29, 0.717) is 23.0 Å². The topological polar surface area (TPSA) is 81.2 Å². The highest BCUT2D eigenvalue weighted by molar-refractivity contribution is 7.27.